The molecule has 2 N–H and O–H groups in total. The number of para-hydroxylation sites is 1. The topological polar surface area (TPSA) is 79.9 Å². The standard InChI is InChI=1S/C23H27N3O4S/c1-29-17-8-6-16(7-9-17)19(26-10-12-30-13-11-26)15-24-22(27)14-21-23(28)25-18-4-2-3-5-20(18)31-21/h2-9,19,21H,10-15H2,1H3,(H,24,27)(H,25,28)/t19-,21-/m0/s1. The molecule has 1 saturated heterocycles. The molecule has 0 aliphatic carbocycles. The van der Waals surface area contributed by atoms with Crippen LogP contribution in [0.15, 0.2) is 53.4 Å². The van der Waals surface area contributed by atoms with Gasteiger partial charge in [0.2, 0.25) is 11.8 Å². The van der Waals surface area contributed by atoms with E-state index in [0.717, 1.165) is 35.0 Å². The third kappa shape index (κ3) is 5.39. The SMILES string of the molecule is COc1ccc([C@H](CNC(=O)C[C@@H]2Sc3ccccc3NC2=O)N2CCOCC2)cc1. The van der Waals surface area contributed by atoms with Crippen LogP contribution in [0.2, 0.25) is 0 Å². The molecule has 0 saturated carbocycles. The van der Waals surface area contributed by atoms with E-state index in [0.29, 0.717) is 19.8 Å². The molecule has 2 amide bonds. The fraction of sp³-hybridized carbons (Fsp3) is 0.391. The van der Waals surface area contributed by atoms with E-state index in [4.69, 9.17) is 9.47 Å². The second kappa shape index (κ2) is 10.2. The molecule has 0 aromatic heterocycles. The zero-order valence-corrected chi connectivity index (χ0v) is 18.3. The monoisotopic (exact) mass is 441 g/mol. The molecule has 2 aliphatic rings. The lowest BCUT2D eigenvalue weighted by Gasteiger charge is -2.35. The van der Waals surface area contributed by atoms with Crippen molar-refractivity contribution in [3.63, 3.8) is 0 Å². The number of methoxy groups -OCH3 is 1. The van der Waals surface area contributed by atoms with Gasteiger partial charge in [-0.15, -0.1) is 11.8 Å². The van der Waals surface area contributed by atoms with Crippen LogP contribution in [-0.4, -0.2) is 61.9 Å². The van der Waals surface area contributed by atoms with Crippen LogP contribution in [0.1, 0.15) is 18.0 Å². The summed E-state index contributed by atoms with van der Waals surface area (Å²) in [6.45, 7) is 3.45. The Morgan fingerprint density at radius 3 is 2.71 bits per heavy atom. The van der Waals surface area contributed by atoms with Crippen molar-refractivity contribution in [3.05, 3.63) is 54.1 Å². The fourth-order valence-electron chi connectivity index (χ4n) is 3.85. The van der Waals surface area contributed by atoms with Crippen molar-refractivity contribution in [2.75, 3.05) is 45.3 Å². The molecule has 2 aromatic carbocycles. The summed E-state index contributed by atoms with van der Waals surface area (Å²) in [6, 6.07) is 15.6. The third-order valence-electron chi connectivity index (χ3n) is 5.56. The van der Waals surface area contributed by atoms with Crippen molar-refractivity contribution in [2.24, 2.45) is 0 Å². The zero-order chi connectivity index (χ0) is 21.6. The first-order valence-corrected chi connectivity index (χ1v) is 11.3. The molecule has 0 bridgehead atoms. The quantitative estimate of drug-likeness (QED) is 0.688. The van der Waals surface area contributed by atoms with Crippen LogP contribution >= 0.6 is 11.8 Å². The van der Waals surface area contributed by atoms with E-state index in [2.05, 4.69) is 15.5 Å². The lowest BCUT2D eigenvalue weighted by molar-refractivity contribution is -0.124. The number of nitrogens with zero attached hydrogens (tertiary/aromatic N) is 1. The second-order valence-electron chi connectivity index (χ2n) is 7.54. The normalized spacial score (nSPS) is 19.8. The van der Waals surface area contributed by atoms with Crippen LogP contribution in [0.3, 0.4) is 0 Å². The predicted molar refractivity (Wildman–Crippen MR) is 120 cm³/mol. The summed E-state index contributed by atoms with van der Waals surface area (Å²) < 4.78 is 10.8. The smallest absolute Gasteiger partial charge is 0.238 e. The number of thioether (sulfide) groups is 1. The number of benzene rings is 2. The Morgan fingerprint density at radius 2 is 1.97 bits per heavy atom. The van der Waals surface area contributed by atoms with Crippen LogP contribution in [0.5, 0.6) is 5.75 Å². The first kappa shape index (κ1) is 21.7. The van der Waals surface area contributed by atoms with Gasteiger partial charge in [-0.2, -0.15) is 0 Å². The number of carbonyl (C=O) groups is 2. The number of nitrogens with one attached hydrogen (secondary N) is 2. The number of ether oxygens (including phenoxy) is 2. The van der Waals surface area contributed by atoms with Crippen LogP contribution in [0, 0.1) is 0 Å². The van der Waals surface area contributed by atoms with E-state index in [1.807, 2.05) is 48.5 Å². The summed E-state index contributed by atoms with van der Waals surface area (Å²) in [5, 5.41) is 5.52. The summed E-state index contributed by atoms with van der Waals surface area (Å²) in [4.78, 5) is 28.4. The van der Waals surface area contributed by atoms with E-state index in [9.17, 15) is 9.59 Å². The molecule has 7 nitrogen and oxygen atoms in total. The molecule has 0 radical (unpaired) electrons. The molecule has 2 aromatic rings. The summed E-state index contributed by atoms with van der Waals surface area (Å²) in [5.41, 5.74) is 1.92. The van der Waals surface area contributed by atoms with Gasteiger partial charge in [-0.3, -0.25) is 14.5 Å². The molecule has 31 heavy (non-hydrogen) atoms. The molecule has 0 spiro atoms. The first-order chi connectivity index (χ1) is 15.1. The maximum atomic E-state index is 12.7. The fourth-order valence-corrected chi connectivity index (χ4v) is 4.96. The Hall–Kier alpha value is -2.55. The summed E-state index contributed by atoms with van der Waals surface area (Å²) >= 11 is 1.44. The molecule has 8 heteroatoms. The van der Waals surface area contributed by atoms with Gasteiger partial charge in [-0.1, -0.05) is 24.3 Å². The third-order valence-corrected chi connectivity index (χ3v) is 6.83. The van der Waals surface area contributed by atoms with Gasteiger partial charge in [0.05, 0.1) is 37.3 Å². The highest BCUT2D eigenvalue weighted by molar-refractivity contribution is 8.01. The lowest BCUT2D eigenvalue weighted by atomic mass is 10.0. The molecule has 0 unspecified atom stereocenters. The largest absolute Gasteiger partial charge is 0.497 e. The van der Waals surface area contributed by atoms with Crippen molar-refractivity contribution in [1.82, 2.24) is 10.2 Å². The van der Waals surface area contributed by atoms with Crippen molar-refractivity contribution in [3.8, 4) is 5.75 Å². The first-order valence-electron chi connectivity index (χ1n) is 10.4. The molecule has 4 rings (SSSR count). The number of rotatable bonds is 7. The minimum absolute atomic E-state index is 0.0346. The zero-order valence-electron chi connectivity index (χ0n) is 17.5. The highest BCUT2D eigenvalue weighted by Gasteiger charge is 2.29. The van der Waals surface area contributed by atoms with Crippen LogP contribution in [-0.2, 0) is 14.3 Å². The van der Waals surface area contributed by atoms with Crippen molar-refractivity contribution < 1.29 is 19.1 Å². The molecule has 2 atom stereocenters. The summed E-state index contributed by atoms with van der Waals surface area (Å²) in [5.74, 6) is 0.548. The predicted octanol–water partition coefficient (Wildman–Crippen LogP) is 2.69. The molecule has 2 aliphatic heterocycles. The average molecular weight is 442 g/mol. The van der Waals surface area contributed by atoms with Crippen molar-refractivity contribution in [2.45, 2.75) is 22.6 Å². The van der Waals surface area contributed by atoms with Crippen molar-refractivity contribution >= 4 is 29.3 Å². The van der Waals surface area contributed by atoms with Gasteiger partial charge < -0.3 is 20.1 Å². The Morgan fingerprint density at radius 1 is 1.23 bits per heavy atom. The molecular weight excluding hydrogens is 414 g/mol. The average Bonchev–Trinajstić information content (AvgIpc) is 2.81. The number of hydrogen-bond donors (Lipinski definition) is 2. The number of hydrogen-bond acceptors (Lipinski definition) is 6. The van der Waals surface area contributed by atoms with Gasteiger partial charge in [0.1, 0.15) is 5.75 Å². The second-order valence-corrected chi connectivity index (χ2v) is 8.78. The van der Waals surface area contributed by atoms with Gasteiger partial charge in [0.25, 0.3) is 0 Å². The van der Waals surface area contributed by atoms with E-state index in [-0.39, 0.29) is 24.3 Å². The highest BCUT2D eigenvalue weighted by Crippen LogP contribution is 2.36. The number of carbonyl (C=O) groups excluding carboxylic acids is 2. The Kier molecular flexibility index (Phi) is 7.11. The molecule has 1 fully saturated rings. The van der Waals surface area contributed by atoms with Gasteiger partial charge in [-0.25, -0.2) is 0 Å². The van der Waals surface area contributed by atoms with Gasteiger partial charge in [-0.05, 0) is 29.8 Å². The molecule has 2 heterocycles. The van der Waals surface area contributed by atoms with Gasteiger partial charge in [0, 0.05) is 31.0 Å². The van der Waals surface area contributed by atoms with E-state index < -0.39 is 5.25 Å². The Labute approximate surface area is 186 Å². The summed E-state index contributed by atoms with van der Waals surface area (Å²) in [7, 11) is 1.65. The Balaban J connectivity index is 1.39. The van der Waals surface area contributed by atoms with Gasteiger partial charge >= 0.3 is 0 Å². The van der Waals surface area contributed by atoms with Crippen molar-refractivity contribution in [1.29, 1.82) is 0 Å². The highest BCUT2D eigenvalue weighted by atomic mass is 32.2. The number of morpholine rings is 1. The van der Waals surface area contributed by atoms with Crippen LogP contribution < -0.4 is 15.4 Å². The number of fused-ring (bicyclic) bond motifs is 1. The van der Waals surface area contributed by atoms with E-state index in [1.165, 1.54) is 11.8 Å². The maximum Gasteiger partial charge on any atom is 0.238 e. The molecule has 164 valence electrons. The van der Waals surface area contributed by atoms with E-state index >= 15 is 0 Å². The van der Waals surface area contributed by atoms with E-state index in [1.54, 1.807) is 7.11 Å². The number of anilines is 1. The lowest BCUT2D eigenvalue weighted by Crippen LogP contribution is -2.44. The number of amides is 2. The summed E-state index contributed by atoms with van der Waals surface area (Å²) in [6.07, 6.45) is 0.142. The van der Waals surface area contributed by atoms with Crippen LogP contribution in [0.25, 0.3) is 0 Å². The minimum Gasteiger partial charge on any atom is -0.497 e. The van der Waals surface area contributed by atoms with Crippen LogP contribution in [0.4, 0.5) is 5.69 Å². The minimum atomic E-state index is -0.433. The van der Waals surface area contributed by atoms with Gasteiger partial charge in [0.15, 0.2) is 0 Å². The Bertz CT molecular complexity index is 915. The maximum absolute atomic E-state index is 12.7. The molecular formula is C23H27N3O4S.